The highest BCUT2D eigenvalue weighted by atomic mass is 14.4. The maximum absolute atomic E-state index is 2.35. The fourth-order valence-electron chi connectivity index (χ4n) is 4.11. The molecule has 0 bridgehead atoms. The standard InChI is InChI=1S/C23H24/c1-23(2,3)21-14-8-13-19-20(15-16-9-4-5-10-16)17-11-6-7-12-18(17)22(19)21/h4-9,11-14,20H,10,15H2,1-3H3. The van der Waals surface area contributed by atoms with Crippen LogP contribution >= 0.6 is 0 Å². The van der Waals surface area contributed by atoms with E-state index in [0.29, 0.717) is 5.92 Å². The fourth-order valence-corrected chi connectivity index (χ4v) is 4.11. The van der Waals surface area contributed by atoms with E-state index >= 15 is 0 Å². The molecule has 0 nitrogen and oxygen atoms in total. The number of allylic oxidation sites excluding steroid dienone is 4. The number of rotatable bonds is 2. The molecule has 2 aromatic carbocycles. The lowest BCUT2D eigenvalue weighted by Gasteiger charge is -2.23. The quantitative estimate of drug-likeness (QED) is 0.604. The second-order valence-electron chi connectivity index (χ2n) is 7.82. The van der Waals surface area contributed by atoms with Crippen LogP contribution in [0, 0.1) is 0 Å². The first-order valence-corrected chi connectivity index (χ1v) is 8.63. The van der Waals surface area contributed by atoms with Crippen LogP contribution < -0.4 is 0 Å². The van der Waals surface area contributed by atoms with Gasteiger partial charge in [0.05, 0.1) is 0 Å². The molecule has 116 valence electrons. The highest BCUT2D eigenvalue weighted by Gasteiger charge is 2.33. The topological polar surface area (TPSA) is 0 Å². The second-order valence-corrected chi connectivity index (χ2v) is 7.82. The molecular weight excluding hydrogens is 276 g/mol. The summed E-state index contributed by atoms with van der Waals surface area (Å²) in [6.45, 7) is 6.96. The van der Waals surface area contributed by atoms with Crippen molar-refractivity contribution < 1.29 is 0 Å². The lowest BCUT2D eigenvalue weighted by Crippen LogP contribution is -2.13. The minimum Gasteiger partial charge on any atom is -0.0805 e. The summed E-state index contributed by atoms with van der Waals surface area (Å²) in [6.07, 6.45) is 9.02. The normalized spacial score (nSPS) is 18.7. The van der Waals surface area contributed by atoms with Crippen molar-refractivity contribution in [3.05, 3.63) is 83.0 Å². The highest BCUT2D eigenvalue weighted by Crippen LogP contribution is 2.51. The zero-order valence-electron chi connectivity index (χ0n) is 14.3. The van der Waals surface area contributed by atoms with Crippen LogP contribution in [0.15, 0.2) is 66.3 Å². The van der Waals surface area contributed by atoms with Gasteiger partial charge in [-0.2, -0.15) is 0 Å². The van der Waals surface area contributed by atoms with Gasteiger partial charge in [0.1, 0.15) is 0 Å². The van der Waals surface area contributed by atoms with E-state index in [0.717, 1.165) is 12.8 Å². The molecule has 0 aliphatic heterocycles. The Hall–Kier alpha value is -2.08. The molecule has 2 aliphatic carbocycles. The molecule has 0 amide bonds. The van der Waals surface area contributed by atoms with E-state index in [4.69, 9.17) is 0 Å². The average Bonchev–Trinajstić information content (AvgIpc) is 3.14. The van der Waals surface area contributed by atoms with Crippen LogP contribution in [0.1, 0.15) is 56.2 Å². The average molecular weight is 300 g/mol. The molecule has 0 saturated heterocycles. The summed E-state index contributed by atoms with van der Waals surface area (Å²) in [5, 5.41) is 0. The molecular formula is C23H24. The van der Waals surface area contributed by atoms with Gasteiger partial charge in [0.25, 0.3) is 0 Å². The largest absolute Gasteiger partial charge is 0.0805 e. The lowest BCUT2D eigenvalue weighted by molar-refractivity contribution is 0.591. The van der Waals surface area contributed by atoms with Crippen LogP contribution in [0.5, 0.6) is 0 Å². The highest BCUT2D eigenvalue weighted by molar-refractivity contribution is 5.82. The molecule has 0 heterocycles. The monoisotopic (exact) mass is 300 g/mol. The van der Waals surface area contributed by atoms with Crippen molar-refractivity contribution >= 4 is 0 Å². The van der Waals surface area contributed by atoms with Crippen LogP contribution in [-0.4, -0.2) is 0 Å². The molecule has 0 heteroatoms. The Balaban J connectivity index is 1.89. The first-order valence-electron chi connectivity index (χ1n) is 8.63. The van der Waals surface area contributed by atoms with Gasteiger partial charge >= 0.3 is 0 Å². The summed E-state index contributed by atoms with van der Waals surface area (Å²) in [6, 6.07) is 15.9. The lowest BCUT2D eigenvalue weighted by atomic mass is 9.81. The van der Waals surface area contributed by atoms with Crippen LogP contribution in [0.2, 0.25) is 0 Å². The van der Waals surface area contributed by atoms with Gasteiger partial charge in [0.15, 0.2) is 0 Å². The zero-order valence-corrected chi connectivity index (χ0v) is 14.3. The fraction of sp³-hybridized carbons (Fsp3) is 0.304. The van der Waals surface area contributed by atoms with E-state index in [2.05, 4.69) is 81.5 Å². The number of fused-ring (bicyclic) bond motifs is 3. The molecule has 2 aromatic rings. The molecule has 23 heavy (non-hydrogen) atoms. The number of benzene rings is 2. The van der Waals surface area contributed by atoms with Crippen molar-refractivity contribution in [3.8, 4) is 11.1 Å². The zero-order chi connectivity index (χ0) is 16.0. The first-order chi connectivity index (χ1) is 11.1. The van der Waals surface area contributed by atoms with Gasteiger partial charge in [-0.15, -0.1) is 0 Å². The van der Waals surface area contributed by atoms with Crippen molar-refractivity contribution in [1.29, 1.82) is 0 Å². The van der Waals surface area contributed by atoms with Gasteiger partial charge in [-0.3, -0.25) is 0 Å². The summed E-state index contributed by atoms with van der Waals surface area (Å²) in [5.74, 6) is 0.509. The van der Waals surface area contributed by atoms with Gasteiger partial charge in [-0.05, 0) is 46.1 Å². The summed E-state index contributed by atoms with van der Waals surface area (Å²) < 4.78 is 0. The Morgan fingerprint density at radius 3 is 2.48 bits per heavy atom. The Labute approximate surface area is 139 Å². The predicted molar refractivity (Wildman–Crippen MR) is 98.9 cm³/mol. The second kappa shape index (κ2) is 5.23. The van der Waals surface area contributed by atoms with Crippen LogP contribution in [0.3, 0.4) is 0 Å². The third-order valence-corrected chi connectivity index (χ3v) is 5.20. The Morgan fingerprint density at radius 1 is 0.957 bits per heavy atom. The third kappa shape index (κ3) is 2.37. The maximum Gasteiger partial charge on any atom is 0.0139 e. The van der Waals surface area contributed by atoms with E-state index in [-0.39, 0.29) is 5.41 Å². The maximum atomic E-state index is 2.35. The van der Waals surface area contributed by atoms with E-state index in [1.807, 2.05) is 0 Å². The van der Waals surface area contributed by atoms with Gasteiger partial charge < -0.3 is 0 Å². The van der Waals surface area contributed by atoms with Gasteiger partial charge in [-0.1, -0.05) is 87.0 Å². The van der Waals surface area contributed by atoms with E-state index in [9.17, 15) is 0 Å². The molecule has 0 saturated carbocycles. The molecule has 0 N–H and O–H groups in total. The van der Waals surface area contributed by atoms with E-state index < -0.39 is 0 Å². The third-order valence-electron chi connectivity index (χ3n) is 5.20. The summed E-state index contributed by atoms with van der Waals surface area (Å²) >= 11 is 0. The Bertz CT molecular complexity index is 812. The van der Waals surface area contributed by atoms with E-state index in [1.165, 1.54) is 27.8 Å². The minimum atomic E-state index is 0.168. The molecule has 1 atom stereocenters. The smallest absolute Gasteiger partial charge is 0.0139 e. The molecule has 0 spiro atoms. The molecule has 0 radical (unpaired) electrons. The van der Waals surface area contributed by atoms with Crippen LogP contribution in [-0.2, 0) is 5.41 Å². The van der Waals surface area contributed by atoms with Crippen molar-refractivity contribution in [2.75, 3.05) is 0 Å². The van der Waals surface area contributed by atoms with Gasteiger partial charge in [-0.25, -0.2) is 0 Å². The minimum absolute atomic E-state index is 0.168. The SMILES string of the molecule is CC(C)(C)c1cccc2c1-c1ccccc1C2CC1=CC=CC1. The Kier molecular flexibility index (Phi) is 3.30. The molecule has 1 unspecified atom stereocenters. The van der Waals surface area contributed by atoms with E-state index in [1.54, 1.807) is 5.57 Å². The first kappa shape index (κ1) is 14.5. The van der Waals surface area contributed by atoms with Gasteiger partial charge in [0.2, 0.25) is 0 Å². The summed E-state index contributed by atoms with van der Waals surface area (Å²) in [5.41, 5.74) is 9.17. The molecule has 0 aromatic heterocycles. The summed E-state index contributed by atoms with van der Waals surface area (Å²) in [7, 11) is 0. The number of hydrogen-bond donors (Lipinski definition) is 0. The molecule has 4 rings (SSSR count). The van der Waals surface area contributed by atoms with Gasteiger partial charge in [0, 0.05) is 5.92 Å². The number of hydrogen-bond acceptors (Lipinski definition) is 0. The van der Waals surface area contributed by atoms with Crippen molar-refractivity contribution in [1.82, 2.24) is 0 Å². The van der Waals surface area contributed by atoms with Crippen LogP contribution in [0.25, 0.3) is 11.1 Å². The van der Waals surface area contributed by atoms with Crippen LogP contribution in [0.4, 0.5) is 0 Å². The molecule has 2 aliphatic rings. The van der Waals surface area contributed by atoms with Crippen molar-refractivity contribution in [2.45, 2.75) is 44.9 Å². The van der Waals surface area contributed by atoms with Crippen molar-refractivity contribution in [2.24, 2.45) is 0 Å². The Morgan fingerprint density at radius 2 is 1.74 bits per heavy atom. The summed E-state index contributed by atoms with van der Waals surface area (Å²) in [4.78, 5) is 0. The molecule has 0 fully saturated rings. The van der Waals surface area contributed by atoms with Crippen molar-refractivity contribution in [3.63, 3.8) is 0 Å². The predicted octanol–water partition coefficient (Wildman–Crippen LogP) is 6.37.